The molecule has 0 saturated heterocycles. The molecule has 0 saturated carbocycles. The van der Waals surface area contributed by atoms with Gasteiger partial charge in [-0.15, -0.1) is 0 Å². The number of rotatable bonds is 3. The minimum absolute atomic E-state index is 0.125. The topological polar surface area (TPSA) is 87.1 Å². The van der Waals surface area contributed by atoms with Crippen molar-refractivity contribution in [2.75, 3.05) is 0 Å². The van der Waals surface area contributed by atoms with E-state index in [1.54, 1.807) is 6.07 Å². The van der Waals surface area contributed by atoms with Crippen molar-refractivity contribution in [1.82, 2.24) is 0 Å². The number of hydrogen-bond donors (Lipinski definition) is 2. The van der Waals surface area contributed by atoms with Gasteiger partial charge < -0.3 is 10.8 Å². The van der Waals surface area contributed by atoms with Crippen LogP contribution in [0.2, 0.25) is 0 Å². The molecule has 0 unspecified atom stereocenters. The molecule has 0 bridgehead atoms. The van der Waals surface area contributed by atoms with Gasteiger partial charge in [0.1, 0.15) is 0 Å². The summed E-state index contributed by atoms with van der Waals surface area (Å²) in [5.41, 5.74) is 4.31. The minimum atomic E-state index is -2.89. The van der Waals surface area contributed by atoms with Gasteiger partial charge in [-0.3, -0.25) is 0 Å². The number of carboxylic acids is 1. The van der Waals surface area contributed by atoms with Gasteiger partial charge in [0.2, 0.25) is 0 Å². The average molecular weight is 226 g/mol. The molecule has 0 spiro atoms. The van der Waals surface area contributed by atoms with Gasteiger partial charge in [-0.25, -0.2) is 13.6 Å². The monoisotopic (exact) mass is 226 g/mol. The van der Waals surface area contributed by atoms with Gasteiger partial charge in [0.25, 0.3) is 6.43 Å². The lowest BCUT2D eigenvalue weighted by Gasteiger charge is -2.08. The van der Waals surface area contributed by atoms with Crippen LogP contribution in [0.5, 0.6) is 0 Å². The zero-order valence-corrected chi connectivity index (χ0v) is 8.08. The van der Waals surface area contributed by atoms with Gasteiger partial charge in [-0.1, -0.05) is 0 Å². The van der Waals surface area contributed by atoms with Crippen molar-refractivity contribution >= 4 is 5.97 Å². The van der Waals surface area contributed by atoms with Crippen LogP contribution in [0.4, 0.5) is 8.78 Å². The van der Waals surface area contributed by atoms with E-state index in [0.717, 1.165) is 12.1 Å². The molecule has 0 aliphatic rings. The highest BCUT2D eigenvalue weighted by molar-refractivity contribution is 5.90. The lowest BCUT2D eigenvalue weighted by Crippen LogP contribution is -2.09. The van der Waals surface area contributed by atoms with E-state index in [4.69, 9.17) is 16.1 Å². The molecule has 3 N–H and O–H groups in total. The minimum Gasteiger partial charge on any atom is -0.478 e. The molecule has 84 valence electrons. The smallest absolute Gasteiger partial charge is 0.336 e. The third-order valence-electron chi connectivity index (χ3n) is 2.08. The molecule has 0 atom stereocenters. The molecule has 16 heavy (non-hydrogen) atoms. The number of carbonyl (C=O) groups is 1. The maximum Gasteiger partial charge on any atom is 0.336 e. The van der Waals surface area contributed by atoms with Crippen molar-refractivity contribution in [3.8, 4) is 6.07 Å². The van der Waals surface area contributed by atoms with Crippen LogP contribution in [0.15, 0.2) is 12.1 Å². The van der Waals surface area contributed by atoms with Gasteiger partial charge in [-0.2, -0.15) is 5.26 Å². The summed E-state index contributed by atoms with van der Waals surface area (Å²) in [4.78, 5) is 10.8. The molecular weight excluding hydrogens is 218 g/mol. The Labute approximate surface area is 89.9 Å². The van der Waals surface area contributed by atoms with E-state index in [1.807, 2.05) is 0 Å². The Morgan fingerprint density at radius 2 is 2.19 bits per heavy atom. The van der Waals surface area contributed by atoms with Crippen LogP contribution in [0.25, 0.3) is 0 Å². The van der Waals surface area contributed by atoms with Crippen LogP contribution in [-0.2, 0) is 6.54 Å². The number of nitrogens with two attached hydrogens (primary N) is 1. The Hall–Kier alpha value is -2.00. The van der Waals surface area contributed by atoms with E-state index in [2.05, 4.69) is 0 Å². The van der Waals surface area contributed by atoms with Gasteiger partial charge in [0.05, 0.1) is 17.2 Å². The quantitative estimate of drug-likeness (QED) is 0.820. The van der Waals surface area contributed by atoms with Crippen molar-refractivity contribution in [3.05, 3.63) is 34.4 Å². The predicted octanol–water partition coefficient (Wildman–Crippen LogP) is 1.65. The van der Waals surface area contributed by atoms with Crippen molar-refractivity contribution in [1.29, 1.82) is 5.26 Å². The Kier molecular flexibility index (Phi) is 3.53. The van der Waals surface area contributed by atoms with E-state index in [0.29, 0.717) is 0 Å². The largest absolute Gasteiger partial charge is 0.478 e. The highest BCUT2D eigenvalue weighted by atomic mass is 19.3. The number of carboxylic acid groups (broad SMARTS) is 1. The molecule has 1 rings (SSSR count). The fourth-order valence-corrected chi connectivity index (χ4v) is 1.31. The highest BCUT2D eigenvalue weighted by Gasteiger charge is 2.19. The zero-order chi connectivity index (χ0) is 12.3. The van der Waals surface area contributed by atoms with E-state index in [-0.39, 0.29) is 23.2 Å². The third-order valence-corrected chi connectivity index (χ3v) is 2.08. The SMILES string of the molecule is N#Cc1cc(CN)c(C(=O)O)cc1C(F)F. The number of nitrogens with zero attached hydrogens (tertiary/aromatic N) is 1. The van der Waals surface area contributed by atoms with Gasteiger partial charge in [-0.05, 0) is 17.7 Å². The van der Waals surface area contributed by atoms with Crippen LogP contribution in [-0.4, -0.2) is 11.1 Å². The molecule has 0 amide bonds. The number of benzene rings is 1. The first-order valence-electron chi connectivity index (χ1n) is 4.29. The molecular formula is C10H8F2N2O2. The molecule has 0 aliphatic carbocycles. The number of nitriles is 1. The highest BCUT2D eigenvalue weighted by Crippen LogP contribution is 2.26. The second-order valence-corrected chi connectivity index (χ2v) is 3.02. The van der Waals surface area contributed by atoms with Crippen LogP contribution in [0.3, 0.4) is 0 Å². The number of hydrogen-bond acceptors (Lipinski definition) is 3. The van der Waals surface area contributed by atoms with Crippen LogP contribution in [0, 0.1) is 11.3 Å². The van der Waals surface area contributed by atoms with Crippen molar-refractivity contribution in [3.63, 3.8) is 0 Å². The van der Waals surface area contributed by atoms with E-state index < -0.39 is 18.0 Å². The third kappa shape index (κ3) is 2.15. The lowest BCUT2D eigenvalue weighted by molar-refractivity contribution is 0.0695. The normalized spacial score (nSPS) is 10.2. The summed E-state index contributed by atoms with van der Waals surface area (Å²) in [5, 5.41) is 17.4. The van der Waals surface area contributed by atoms with Crippen LogP contribution in [0.1, 0.15) is 33.5 Å². The summed E-state index contributed by atoms with van der Waals surface area (Å²) < 4.78 is 25.0. The van der Waals surface area contributed by atoms with Crippen molar-refractivity contribution in [2.45, 2.75) is 13.0 Å². The van der Waals surface area contributed by atoms with Gasteiger partial charge in [0.15, 0.2) is 0 Å². The summed E-state index contributed by atoms with van der Waals surface area (Å²) in [6, 6.07) is 3.48. The Balaban J connectivity index is 3.48. The molecule has 0 aromatic heterocycles. The van der Waals surface area contributed by atoms with E-state index >= 15 is 0 Å². The summed E-state index contributed by atoms with van der Waals surface area (Å²) in [7, 11) is 0. The van der Waals surface area contributed by atoms with E-state index in [9.17, 15) is 13.6 Å². The number of alkyl halides is 2. The van der Waals surface area contributed by atoms with Crippen LogP contribution < -0.4 is 5.73 Å². The molecule has 6 heteroatoms. The fourth-order valence-electron chi connectivity index (χ4n) is 1.31. The molecule has 4 nitrogen and oxygen atoms in total. The molecule has 0 fully saturated rings. The second kappa shape index (κ2) is 4.68. The zero-order valence-electron chi connectivity index (χ0n) is 8.08. The standard InChI is InChI=1S/C10H8F2N2O2/c11-9(12)7-2-8(10(15)16)6(4-14)1-5(7)3-13/h1-2,9H,4,14H2,(H,15,16). The number of halogens is 2. The summed E-state index contributed by atoms with van der Waals surface area (Å²) in [5.74, 6) is -1.34. The van der Waals surface area contributed by atoms with Gasteiger partial charge in [0, 0.05) is 12.1 Å². The van der Waals surface area contributed by atoms with Crippen molar-refractivity contribution < 1.29 is 18.7 Å². The summed E-state index contributed by atoms with van der Waals surface area (Å²) >= 11 is 0. The second-order valence-electron chi connectivity index (χ2n) is 3.02. The predicted molar refractivity (Wildman–Crippen MR) is 51.0 cm³/mol. The molecule has 1 aromatic rings. The molecule has 1 aromatic carbocycles. The first-order chi connectivity index (χ1) is 7.51. The summed E-state index contributed by atoms with van der Waals surface area (Å²) in [6.07, 6.45) is -2.89. The first kappa shape index (κ1) is 12.1. The summed E-state index contributed by atoms with van der Waals surface area (Å²) in [6.45, 7) is -0.125. The number of aromatic carboxylic acids is 1. The Morgan fingerprint density at radius 3 is 2.56 bits per heavy atom. The maximum atomic E-state index is 12.5. The molecule has 0 radical (unpaired) electrons. The van der Waals surface area contributed by atoms with Crippen LogP contribution >= 0.6 is 0 Å². The first-order valence-corrected chi connectivity index (χ1v) is 4.29. The van der Waals surface area contributed by atoms with Crippen molar-refractivity contribution in [2.24, 2.45) is 5.73 Å². The molecule has 0 aliphatic heterocycles. The Bertz CT molecular complexity index is 467. The average Bonchev–Trinajstić information content (AvgIpc) is 2.26. The van der Waals surface area contributed by atoms with E-state index in [1.165, 1.54) is 0 Å². The maximum absolute atomic E-state index is 12.5. The van der Waals surface area contributed by atoms with Gasteiger partial charge >= 0.3 is 5.97 Å². The lowest BCUT2D eigenvalue weighted by atomic mass is 9.99. The Morgan fingerprint density at radius 1 is 1.56 bits per heavy atom. The fraction of sp³-hybridized carbons (Fsp3) is 0.200. The molecule has 0 heterocycles.